The summed E-state index contributed by atoms with van der Waals surface area (Å²) in [6, 6.07) is 0. The van der Waals surface area contributed by atoms with Crippen molar-refractivity contribution >= 4 is 17.5 Å². The molecule has 1 fully saturated rings. The number of carbonyl (C=O) groups excluding carboxylic acids is 1. The predicted molar refractivity (Wildman–Crippen MR) is 61.5 cm³/mol. The largest absolute Gasteiger partial charge is 0.390 e. The van der Waals surface area contributed by atoms with Crippen molar-refractivity contribution in [2.24, 2.45) is 5.92 Å². The van der Waals surface area contributed by atoms with Crippen molar-refractivity contribution in [3.05, 3.63) is 0 Å². The lowest BCUT2D eigenvalue weighted by Crippen LogP contribution is -2.60. The first-order valence-corrected chi connectivity index (χ1v) is 6.18. The molecule has 1 amide bonds. The summed E-state index contributed by atoms with van der Waals surface area (Å²) in [5.74, 6) is -2.26. The van der Waals surface area contributed by atoms with Crippen LogP contribution in [0.1, 0.15) is 13.3 Å². The van der Waals surface area contributed by atoms with Crippen molar-refractivity contribution in [1.29, 1.82) is 0 Å². The Kier molecular flexibility index (Phi) is 5.77. The molecule has 0 aromatic carbocycles. The number of amides is 1. The van der Waals surface area contributed by atoms with Crippen LogP contribution in [0.25, 0.3) is 0 Å². The quantitative estimate of drug-likeness (QED) is 0.304. The maximum Gasteiger partial charge on any atom is 0.236 e. The number of aliphatic hydroxyl groups excluding tert-OH is 4. The van der Waals surface area contributed by atoms with Gasteiger partial charge in [-0.1, -0.05) is 6.92 Å². The highest BCUT2D eigenvalue weighted by Crippen LogP contribution is 2.28. The summed E-state index contributed by atoms with van der Waals surface area (Å²) in [6.45, 7) is 1.72. The second kappa shape index (κ2) is 6.65. The van der Waals surface area contributed by atoms with Gasteiger partial charge in [-0.25, -0.2) is 0 Å². The van der Waals surface area contributed by atoms with E-state index in [9.17, 15) is 25.2 Å². The number of alkyl halides is 1. The molecule has 106 valence electrons. The molecule has 0 aliphatic carbocycles. The summed E-state index contributed by atoms with van der Waals surface area (Å²) in [5.41, 5.74) is 0. The van der Waals surface area contributed by atoms with E-state index in [1.165, 1.54) is 0 Å². The van der Waals surface area contributed by atoms with Gasteiger partial charge in [-0.3, -0.25) is 4.79 Å². The van der Waals surface area contributed by atoms with Crippen molar-refractivity contribution in [3.8, 4) is 0 Å². The number of halogens is 1. The molecule has 5 N–H and O–H groups in total. The zero-order chi connectivity index (χ0) is 13.9. The highest BCUT2D eigenvalue weighted by molar-refractivity contribution is 6.27. The molecule has 8 heteroatoms. The number of ether oxygens (including phenoxy) is 1. The van der Waals surface area contributed by atoms with Gasteiger partial charge in [0.25, 0.3) is 0 Å². The Morgan fingerprint density at radius 1 is 1.39 bits per heavy atom. The van der Waals surface area contributed by atoms with E-state index in [0.717, 1.165) is 0 Å². The van der Waals surface area contributed by atoms with Gasteiger partial charge in [-0.05, 0) is 6.42 Å². The SMILES string of the molecule is CCC1OC(O)[C@H](C(O)NC(=O)CCl)[C@@H](O)C1O. The summed E-state index contributed by atoms with van der Waals surface area (Å²) in [4.78, 5) is 11.0. The number of hydrogen-bond donors (Lipinski definition) is 5. The summed E-state index contributed by atoms with van der Waals surface area (Å²) in [5, 5.41) is 41.0. The van der Waals surface area contributed by atoms with E-state index in [4.69, 9.17) is 16.3 Å². The average Bonchev–Trinajstić information content (AvgIpc) is 2.33. The van der Waals surface area contributed by atoms with E-state index in [1.54, 1.807) is 6.92 Å². The minimum absolute atomic E-state index is 0.364. The number of carbonyl (C=O) groups is 1. The molecule has 0 aromatic rings. The summed E-state index contributed by atoms with van der Waals surface area (Å²) >= 11 is 5.25. The van der Waals surface area contributed by atoms with Gasteiger partial charge in [0, 0.05) is 0 Å². The fourth-order valence-corrected chi connectivity index (χ4v) is 2.02. The molecule has 0 spiro atoms. The molecule has 0 aromatic heterocycles. The van der Waals surface area contributed by atoms with Gasteiger partial charge in [-0.2, -0.15) is 0 Å². The van der Waals surface area contributed by atoms with Crippen LogP contribution in [-0.2, 0) is 9.53 Å². The van der Waals surface area contributed by atoms with Gasteiger partial charge in [0.15, 0.2) is 6.29 Å². The lowest BCUT2D eigenvalue weighted by atomic mass is 9.88. The molecular weight excluding hydrogens is 266 g/mol. The first-order valence-electron chi connectivity index (χ1n) is 5.65. The number of rotatable bonds is 4. The molecular formula is C10H18ClNO6. The van der Waals surface area contributed by atoms with Crippen LogP contribution >= 0.6 is 11.6 Å². The van der Waals surface area contributed by atoms with Gasteiger partial charge < -0.3 is 30.5 Å². The van der Waals surface area contributed by atoms with E-state index in [-0.39, 0.29) is 5.88 Å². The molecule has 4 unspecified atom stereocenters. The molecule has 0 saturated carbocycles. The lowest BCUT2D eigenvalue weighted by Gasteiger charge is -2.42. The number of aliphatic hydroxyl groups is 4. The highest BCUT2D eigenvalue weighted by atomic mass is 35.5. The van der Waals surface area contributed by atoms with Crippen molar-refractivity contribution in [3.63, 3.8) is 0 Å². The molecule has 1 aliphatic rings. The van der Waals surface area contributed by atoms with Crippen LogP contribution in [0.5, 0.6) is 0 Å². The maximum absolute atomic E-state index is 11.0. The van der Waals surface area contributed by atoms with Gasteiger partial charge >= 0.3 is 0 Å². The Morgan fingerprint density at radius 3 is 2.50 bits per heavy atom. The van der Waals surface area contributed by atoms with Crippen LogP contribution in [-0.4, -0.2) is 63.0 Å². The summed E-state index contributed by atoms with van der Waals surface area (Å²) in [6.07, 6.45) is -6.03. The Labute approximate surface area is 109 Å². The van der Waals surface area contributed by atoms with E-state index in [2.05, 4.69) is 5.32 Å². The second-order valence-corrected chi connectivity index (χ2v) is 4.45. The van der Waals surface area contributed by atoms with Crippen molar-refractivity contribution < 1.29 is 30.0 Å². The minimum atomic E-state index is -1.56. The fourth-order valence-electron chi connectivity index (χ4n) is 1.95. The fraction of sp³-hybridized carbons (Fsp3) is 0.900. The van der Waals surface area contributed by atoms with E-state index >= 15 is 0 Å². The van der Waals surface area contributed by atoms with Crippen LogP contribution in [0.4, 0.5) is 0 Å². The standard InChI is InChI=1S/C10H18ClNO6/c1-2-4-7(14)8(15)6(10(17)18-4)9(16)12-5(13)3-11/h4,6-10,14-17H,2-3H2,1H3,(H,12,13)/t4?,6-,7?,8+,9?,10?/m0/s1. The van der Waals surface area contributed by atoms with E-state index < -0.39 is 42.7 Å². The third-order valence-corrected chi connectivity index (χ3v) is 3.21. The summed E-state index contributed by atoms with van der Waals surface area (Å²) < 4.78 is 5.07. The van der Waals surface area contributed by atoms with Gasteiger partial charge in [-0.15, -0.1) is 11.6 Å². The first kappa shape index (κ1) is 15.6. The zero-order valence-corrected chi connectivity index (χ0v) is 10.6. The van der Waals surface area contributed by atoms with Crippen LogP contribution in [0, 0.1) is 5.92 Å². The van der Waals surface area contributed by atoms with Crippen LogP contribution in [0.2, 0.25) is 0 Å². The van der Waals surface area contributed by atoms with Crippen LogP contribution in [0.15, 0.2) is 0 Å². The Morgan fingerprint density at radius 2 is 2.00 bits per heavy atom. The van der Waals surface area contributed by atoms with Crippen molar-refractivity contribution in [2.45, 2.75) is 44.2 Å². The van der Waals surface area contributed by atoms with Gasteiger partial charge in [0.2, 0.25) is 5.91 Å². The average molecular weight is 284 g/mol. The Balaban J connectivity index is 2.72. The van der Waals surface area contributed by atoms with Crippen molar-refractivity contribution in [1.82, 2.24) is 5.32 Å². The summed E-state index contributed by atoms with van der Waals surface area (Å²) in [7, 11) is 0. The van der Waals surface area contributed by atoms with E-state index in [1.807, 2.05) is 0 Å². The zero-order valence-electron chi connectivity index (χ0n) is 9.86. The highest BCUT2D eigenvalue weighted by Gasteiger charge is 2.46. The van der Waals surface area contributed by atoms with Crippen LogP contribution in [0.3, 0.4) is 0 Å². The van der Waals surface area contributed by atoms with Gasteiger partial charge in [0.1, 0.15) is 18.2 Å². The predicted octanol–water partition coefficient (Wildman–Crippen LogP) is -1.87. The molecule has 18 heavy (non-hydrogen) atoms. The van der Waals surface area contributed by atoms with Gasteiger partial charge in [0.05, 0.1) is 18.1 Å². The molecule has 1 saturated heterocycles. The molecule has 1 heterocycles. The Hall–Kier alpha value is -0.440. The second-order valence-electron chi connectivity index (χ2n) is 4.18. The maximum atomic E-state index is 11.0. The third kappa shape index (κ3) is 3.31. The minimum Gasteiger partial charge on any atom is -0.390 e. The van der Waals surface area contributed by atoms with E-state index in [0.29, 0.717) is 6.42 Å². The molecule has 1 rings (SSSR count). The molecule has 1 aliphatic heterocycles. The molecule has 0 radical (unpaired) electrons. The number of hydrogen-bond acceptors (Lipinski definition) is 6. The topological polar surface area (TPSA) is 119 Å². The number of nitrogens with one attached hydrogen (secondary N) is 1. The lowest BCUT2D eigenvalue weighted by molar-refractivity contribution is -0.281. The normalized spacial score (nSPS) is 38.2. The molecule has 0 bridgehead atoms. The first-order chi connectivity index (χ1) is 8.42. The molecule has 6 atom stereocenters. The Bertz CT molecular complexity index is 292. The van der Waals surface area contributed by atoms with Crippen LogP contribution < -0.4 is 5.32 Å². The van der Waals surface area contributed by atoms with Crippen molar-refractivity contribution in [2.75, 3.05) is 5.88 Å². The third-order valence-electron chi connectivity index (χ3n) is 2.97. The monoisotopic (exact) mass is 283 g/mol. The molecule has 7 nitrogen and oxygen atoms in total. The smallest absolute Gasteiger partial charge is 0.236 e.